The van der Waals surface area contributed by atoms with Crippen LogP contribution < -0.4 is 10.9 Å². The number of benzene rings is 2. The Balaban J connectivity index is 1.67. The quantitative estimate of drug-likeness (QED) is 0.690. The first-order valence-electron chi connectivity index (χ1n) is 8.45. The molecule has 5 nitrogen and oxygen atoms in total. The van der Waals surface area contributed by atoms with Crippen molar-refractivity contribution in [3.63, 3.8) is 0 Å². The Morgan fingerprint density at radius 3 is 2.71 bits per heavy atom. The van der Waals surface area contributed by atoms with Gasteiger partial charge in [0, 0.05) is 24.2 Å². The van der Waals surface area contributed by atoms with E-state index in [1.165, 1.54) is 24.3 Å². The summed E-state index contributed by atoms with van der Waals surface area (Å²) in [7, 11) is 0. The molecule has 28 heavy (non-hydrogen) atoms. The molecule has 0 saturated carbocycles. The van der Waals surface area contributed by atoms with Crippen LogP contribution in [0.3, 0.4) is 0 Å². The number of alkyl halides is 3. The van der Waals surface area contributed by atoms with Gasteiger partial charge in [0.15, 0.2) is 0 Å². The van der Waals surface area contributed by atoms with Crippen LogP contribution in [0.1, 0.15) is 28.2 Å². The molecule has 2 heterocycles. The smallest absolute Gasteiger partial charge is 0.322 e. The van der Waals surface area contributed by atoms with Gasteiger partial charge in [0.25, 0.3) is 11.5 Å². The molecular formula is C19H13ClF3N3O2. The van der Waals surface area contributed by atoms with Gasteiger partial charge in [-0.25, -0.2) is 4.98 Å². The minimum Gasteiger partial charge on any atom is -0.322 e. The zero-order valence-electron chi connectivity index (χ0n) is 14.3. The van der Waals surface area contributed by atoms with Gasteiger partial charge >= 0.3 is 6.18 Å². The molecular weight excluding hydrogens is 395 g/mol. The van der Waals surface area contributed by atoms with Gasteiger partial charge in [-0.1, -0.05) is 11.6 Å². The van der Waals surface area contributed by atoms with E-state index in [-0.39, 0.29) is 16.8 Å². The van der Waals surface area contributed by atoms with E-state index in [9.17, 15) is 22.8 Å². The Labute approximate surface area is 161 Å². The van der Waals surface area contributed by atoms with Gasteiger partial charge in [0.1, 0.15) is 5.82 Å². The number of hydrogen-bond acceptors (Lipinski definition) is 3. The topological polar surface area (TPSA) is 64.0 Å². The van der Waals surface area contributed by atoms with Crippen LogP contribution >= 0.6 is 11.6 Å². The third-order valence-electron chi connectivity index (χ3n) is 4.61. The minimum atomic E-state index is -4.63. The molecule has 0 radical (unpaired) electrons. The largest absolute Gasteiger partial charge is 0.417 e. The van der Waals surface area contributed by atoms with E-state index in [1.807, 2.05) is 0 Å². The fourth-order valence-electron chi connectivity index (χ4n) is 3.25. The maximum atomic E-state index is 13.0. The minimum absolute atomic E-state index is 0.0381. The number of amides is 1. The monoisotopic (exact) mass is 407 g/mol. The van der Waals surface area contributed by atoms with Crippen molar-refractivity contribution >= 4 is 34.1 Å². The second-order valence-electron chi connectivity index (χ2n) is 6.47. The van der Waals surface area contributed by atoms with Crippen LogP contribution in [0.2, 0.25) is 5.02 Å². The van der Waals surface area contributed by atoms with Crippen molar-refractivity contribution in [2.45, 2.75) is 25.6 Å². The maximum absolute atomic E-state index is 13.0. The molecule has 1 aliphatic heterocycles. The average molecular weight is 408 g/mol. The van der Waals surface area contributed by atoms with Crippen molar-refractivity contribution in [3.05, 3.63) is 68.7 Å². The standard InChI is InChI=1S/C19H13ClF3N3O2/c20-14-6-4-11(9-13(14)19(21,22)23)24-17(27)10-3-5-12-15(8-10)25-16-2-1-7-26(16)18(12)28/h3-6,8-9H,1-2,7H2,(H,24,27). The third-order valence-corrected chi connectivity index (χ3v) is 4.94. The van der Waals surface area contributed by atoms with Gasteiger partial charge < -0.3 is 5.32 Å². The summed E-state index contributed by atoms with van der Waals surface area (Å²) >= 11 is 5.59. The van der Waals surface area contributed by atoms with Gasteiger partial charge in [0.05, 0.1) is 21.5 Å². The molecule has 1 amide bonds. The van der Waals surface area contributed by atoms with Crippen LogP contribution in [-0.4, -0.2) is 15.5 Å². The Bertz CT molecular complexity index is 1170. The molecule has 4 rings (SSSR count). The highest BCUT2D eigenvalue weighted by atomic mass is 35.5. The SMILES string of the molecule is O=C(Nc1ccc(Cl)c(C(F)(F)F)c1)c1ccc2c(=O)n3c(nc2c1)CCC3. The molecule has 144 valence electrons. The second kappa shape index (κ2) is 6.63. The highest BCUT2D eigenvalue weighted by Gasteiger charge is 2.33. The van der Waals surface area contributed by atoms with Gasteiger partial charge in [-0.15, -0.1) is 0 Å². The van der Waals surface area contributed by atoms with E-state index in [4.69, 9.17) is 11.6 Å². The number of carbonyl (C=O) groups is 1. The first kappa shape index (κ1) is 18.5. The third kappa shape index (κ3) is 3.24. The molecule has 1 N–H and O–H groups in total. The number of fused-ring (bicyclic) bond motifs is 2. The predicted molar refractivity (Wildman–Crippen MR) is 98.7 cm³/mol. The maximum Gasteiger partial charge on any atom is 0.417 e. The Morgan fingerprint density at radius 1 is 1.18 bits per heavy atom. The average Bonchev–Trinajstić information content (AvgIpc) is 3.11. The molecule has 3 aromatic rings. The summed E-state index contributed by atoms with van der Waals surface area (Å²) in [4.78, 5) is 29.4. The molecule has 0 atom stereocenters. The number of hydrogen-bond donors (Lipinski definition) is 1. The molecule has 0 aliphatic carbocycles. The number of carbonyl (C=O) groups excluding carboxylic acids is 1. The fourth-order valence-corrected chi connectivity index (χ4v) is 3.47. The first-order valence-corrected chi connectivity index (χ1v) is 8.83. The lowest BCUT2D eigenvalue weighted by atomic mass is 10.1. The van der Waals surface area contributed by atoms with Crippen molar-refractivity contribution in [1.82, 2.24) is 9.55 Å². The van der Waals surface area contributed by atoms with Crippen molar-refractivity contribution < 1.29 is 18.0 Å². The van der Waals surface area contributed by atoms with Crippen LogP contribution in [-0.2, 0) is 19.1 Å². The normalized spacial score (nSPS) is 13.6. The summed E-state index contributed by atoms with van der Waals surface area (Å²) in [5.41, 5.74) is -0.653. The molecule has 1 aromatic heterocycles. The molecule has 0 spiro atoms. The van der Waals surface area contributed by atoms with Gasteiger partial charge in [-0.05, 0) is 42.8 Å². The summed E-state index contributed by atoms with van der Waals surface area (Å²) in [5.74, 6) is 0.0577. The van der Waals surface area contributed by atoms with Gasteiger partial charge in [-0.3, -0.25) is 14.2 Å². The number of aryl methyl sites for hydroxylation is 1. The van der Waals surface area contributed by atoms with Crippen molar-refractivity contribution in [1.29, 1.82) is 0 Å². The Morgan fingerprint density at radius 2 is 1.96 bits per heavy atom. The van der Waals surface area contributed by atoms with Crippen LogP contribution in [0.25, 0.3) is 10.9 Å². The van der Waals surface area contributed by atoms with Crippen LogP contribution in [0.15, 0.2) is 41.2 Å². The number of anilines is 1. The van der Waals surface area contributed by atoms with E-state index < -0.39 is 22.7 Å². The van der Waals surface area contributed by atoms with Gasteiger partial charge in [0.2, 0.25) is 0 Å². The van der Waals surface area contributed by atoms with Crippen molar-refractivity contribution in [2.75, 3.05) is 5.32 Å². The lowest BCUT2D eigenvalue weighted by Gasteiger charge is -2.12. The fraction of sp³-hybridized carbons (Fsp3) is 0.211. The summed E-state index contributed by atoms with van der Waals surface area (Å²) in [5, 5.41) is 2.37. The molecule has 2 aromatic carbocycles. The number of halogens is 4. The molecule has 0 fully saturated rings. The summed E-state index contributed by atoms with van der Waals surface area (Å²) < 4.78 is 40.5. The van der Waals surface area contributed by atoms with Crippen molar-refractivity contribution in [2.24, 2.45) is 0 Å². The highest BCUT2D eigenvalue weighted by Crippen LogP contribution is 2.36. The lowest BCUT2D eigenvalue weighted by Crippen LogP contribution is -2.21. The van der Waals surface area contributed by atoms with E-state index in [1.54, 1.807) is 4.57 Å². The lowest BCUT2D eigenvalue weighted by molar-refractivity contribution is -0.137. The zero-order valence-corrected chi connectivity index (χ0v) is 15.1. The zero-order chi connectivity index (χ0) is 20.1. The Kier molecular flexibility index (Phi) is 4.38. The predicted octanol–water partition coefficient (Wildman–Crippen LogP) is 4.27. The first-order chi connectivity index (χ1) is 13.2. The molecule has 0 bridgehead atoms. The van der Waals surface area contributed by atoms with E-state index in [0.717, 1.165) is 18.6 Å². The van der Waals surface area contributed by atoms with E-state index >= 15 is 0 Å². The summed E-state index contributed by atoms with van der Waals surface area (Å²) in [6.45, 7) is 0.622. The highest BCUT2D eigenvalue weighted by molar-refractivity contribution is 6.31. The van der Waals surface area contributed by atoms with Crippen LogP contribution in [0.5, 0.6) is 0 Å². The molecule has 0 unspecified atom stereocenters. The second-order valence-corrected chi connectivity index (χ2v) is 6.87. The number of rotatable bonds is 2. The van der Waals surface area contributed by atoms with E-state index in [0.29, 0.717) is 29.7 Å². The molecule has 9 heteroatoms. The van der Waals surface area contributed by atoms with Crippen molar-refractivity contribution in [3.8, 4) is 0 Å². The summed E-state index contributed by atoms with van der Waals surface area (Å²) in [6.07, 6.45) is -3.11. The number of aromatic nitrogens is 2. The molecule has 1 aliphatic rings. The number of nitrogens with one attached hydrogen (secondary N) is 1. The van der Waals surface area contributed by atoms with E-state index in [2.05, 4.69) is 10.3 Å². The van der Waals surface area contributed by atoms with Crippen LogP contribution in [0, 0.1) is 0 Å². The number of nitrogens with zero attached hydrogens (tertiary/aromatic N) is 2. The van der Waals surface area contributed by atoms with Crippen LogP contribution in [0.4, 0.5) is 18.9 Å². The Hall–Kier alpha value is -2.87. The molecule has 0 saturated heterocycles. The summed E-state index contributed by atoms with van der Waals surface area (Å²) in [6, 6.07) is 7.56. The van der Waals surface area contributed by atoms with Gasteiger partial charge in [-0.2, -0.15) is 13.2 Å².